The third-order valence-electron chi connectivity index (χ3n) is 2.76. The zero-order valence-corrected chi connectivity index (χ0v) is 11.8. The Balaban J connectivity index is 1.95. The van der Waals surface area contributed by atoms with Crippen LogP contribution in [-0.4, -0.2) is 24.1 Å². The first kappa shape index (κ1) is 14.3. The van der Waals surface area contributed by atoms with Gasteiger partial charge in [0.05, 0.1) is 13.2 Å². The van der Waals surface area contributed by atoms with E-state index in [1.165, 1.54) is 11.8 Å². The second-order valence-electron chi connectivity index (χ2n) is 4.23. The monoisotopic (exact) mass is 278 g/mol. The summed E-state index contributed by atoms with van der Waals surface area (Å²) in [5, 5.41) is 0.168. The molecule has 1 fully saturated rings. The smallest absolute Gasteiger partial charge is 0.185 e. The summed E-state index contributed by atoms with van der Waals surface area (Å²) >= 11 is 1.36. The maximum Gasteiger partial charge on any atom is 0.185 e. The highest BCUT2D eigenvalue weighted by Gasteiger charge is 2.19. The van der Waals surface area contributed by atoms with Crippen LogP contribution in [0.4, 0.5) is 0 Å². The minimum absolute atomic E-state index is 0.168. The highest BCUT2D eigenvalue weighted by Crippen LogP contribution is 2.27. The van der Waals surface area contributed by atoms with Gasteiger partial charge in [0.15, 0.2) is 11.4 Å². The van der Waals surface area contributed by atoms with Gasteiger partial charge in [-0.2, -0.15) is 0 Å². The summed E-state index contributed by atoms with van der Waals surface area (Å²) in [5.74, 6) is 0.824. The molecule has 1 aliphatic heterocycles. The Bertz CT molecular complexity index is 450. The van der Waals surface area contributed by atoms with E-state index in [4.69, 9.17) is 9.47 Å². The van der Waals surface area contributed by atoms with Gasteiger partial charge in [0.2, 0.25) is 0 Å². The normalized spacial score (nSPS) is 16.3. The Labute approximate surface area is 118 Å². The molecule has 0 bridgehead atoms. The Morgan fingerprint density at radius 2 is 2.11 bits per heavy atom. The van der Waals surface area contributed by atoms with Crippen molar-refractivity contribution in [3.8, 4) is 0 Å². The van der Waals surface area contributed by atoms with E-state index in [-0.39, 0.29) is 11.4 Å². The zero-order chi connectivity index (χ0) is 13.5. The fraction of sp³-hybridized carbons (Fsp3) is 0.400. The molecule has 0 aliphatic carbocycles. The molecule has 0 radical (unpaired) electrons. The Kier molecular flexibility index (Phi) is 5.63. The lowest BCUT2D eigenvalue weighted by Crippen LogP contribution is -2.00. The van der Waals surface area contributed by atoms with Gasteiger partial charge in [-0.15, -0.1) is 0 Å². The van der Waals surface area contributed by atoms with E-state index in [0.717, 1.165) is 23.3 Å². The van der Waals surface area contributed by atoms with Gasteiger partial charge in [-0.25, -0.2) is 0 Å². The third-order valence-corrected chi connectivity index (χ3v) is 3.61. The van der Waals surface area contributed by atoms with Gasteiger partial charge >= 0.3 is 0 Å². The lowest BCUT2D eigenvalue weighted by Gasteiger charge is -2.12. The van der Waals surface area contributed by atoms with E-state index >= 15 is 0 Å². The molecular weight excluding hydrogens is 260 g/mol. The number of allylic oxidation sites excluding steroid dienone is 1. The van der Waals surface area contributed by atoms with Gasteiger partial charge in [0, 0.05) is 18.2 Å². The molecule has 19 heavy (non-hydrogen) atoms. The van der Waals surface area contributed by atoms with Crippen LogP contribution in [0.1, 0.15) is 30.8 Å². The Morgan fingerprint density at radius 3 is 2.84 bits per heavy atom. The average Bonchev–Trinajstić information content (AvgIpc) is 2.92. The van der Waals surface area contributed by atoms with E-state index in [9.17, 15) is 4.79 Å². The molecule has 1 aromatic rings. The number of carbonyl (C=O) groups excluding carboxylic acids is 1. The van der Waals surface area contributed by atoms with Crippen molar-refractivity contribution >= 4 is 23.0 Å². The van der Waals surface area contributed by atoms with E-state index in [0.29, 0.717) is 13.2 Å². The quantitative estimate of drug-likeness (QED) is 0.773. The molecule has 1 aliphatic rings. The maximum absolute atomic E-state index is 10.8. The van der Waals surface area contributed by atoms with Crippen molar-refractivity contribution in [2.24, 2.45) is 0 Å². The second kappa shape index (κ2) is 7.48. The van der Waals surface area contributed by atoms with Gasteiger partial charge in [0.1, 0.15) is 0 Å². The maximum atomic E-state index is 10.8. The van der Waals surface area contributed by atoms with Crippen LogP contribution >= 0.6 is 11.8 Å². The highest BCUT2D eigenvalue weighted by molar-refractivity contribution is 8.13. The highest BCUT2D eigenvalue weighted by atomic mass is 32.2. The van der Waals surface area contributed by atoms with Crippen LogP contribution < -0.4 is 0 Å². The molecule has 0 aromatic heterocycles. The molecule has 102 valence electrons. The molecule has 1 saturated heterocycles. The summed E-state index contributed by atoms with van der Waals surface area (Å²) in [7, 11) is 0. The van der Waals surface area contributed by atoms with Crippen molar-refractivity contribution in [2.45, 2.75) is 19.6 Å². The van der Waals surface area contributed by atoms with Gasteiger partial charge in [-0.1, -0.05) is 48.2 Å². The van der Waals surface area contributed by atoms with Crippen molar-refractivity contribution in [1.29, 1.82) is 0 Å². The Hall–Kier alpha value is -1.10. The number of hydrogen-bond acceptors (Lipinski definition) is 4. The molecule has 0 amide bonds. The van der Waals surface area contributed by atoms with Gasteiger partial charge in [0.25, 0.3) is 0 Å². The van der Waals surface area contributed by atoms with E-state index in [1.54, 1.807) is 6.92 Å². The van der Waals surface area contributed by atoms with Gasteiger partial charge in [-0.05, 0) is 12.0 Å². The summed E-state index contributed by atoms with van der Waals surface area (Å²) < 4.78 is 11.1. The van der Waals surface area contributed by atoms with Crippen LogP contribution in [0.25, 0.3) is 6.08 Å². The molecule has 0 atom stereocenters. The molecule has 1 heterocycles. The summed E-state index contributed by atoms with van der Waals surface area (Å²) in [5.41, 5.74) is 2.18. The lowest BCUT2D eigenvalue weighted by molar-refractivity contribution is -0.109. The van der Waals surface area contributed by atoms with Crippen LogP contribution in [0.3, 0.4) is 0 Å². The minimum Gasteiger partial charge on any atom is -0.346 e. The lowest BCUT2D eigenvalue weighted by atomic mass is 10.1. The van der Waals surface area contributed by atoms with Crippen LogP contribution in [-0.2, 0) is 14.3 Å². The standard InChI is InChI=1S/C15H18O3S/c1-12(16)19-11-5-4-7-13-6-2-3-8-14(13)15-17-9-10-18-15/h2-4,6-8,15H,5,9-11H2,1H3. The van der Waals surface area contributed by atoms with Crippen molar-refractivity contribution < 1.29 is 14.3 Å². The average molecular weight is 278 g/mol. The van der Waals surface area contributed by atoms with E-state index in [2.05, 4.69) is 18.2 Å². The second-order valence-corrected chi connectivity index (χ2v) is 5.51. The molecule has 2 rings (SSSR count). The molecule has 0 saturated carbocycles. The molecule has 4 heteroatoms. The van der Waals surface area contributed by atoms with Crippen LogP contribution in [0.15, 0.2) is 30.3 Å². The van der Waals surface area contributed by atoms with Crippen molar-refractivity contribution in [1.82, 2.24) is 0 Å². The number of carbonyl (C=O) groups is 1. The van der Waals surface area contributed by atoms with Crippen LogP contribution in [0, 0.1) is 0 Å². The van der Waals surface area contributed by atoms with E-state index in [1.807, 2.05) is 18.2 Å². The van der Waals surface area contributed by atoms with Gasteiger partial charge in [-0.3, -0.25) is 4.79 Å². The summed E-state index contributed by atoms with van der Waals surface area (Å²) in [6.45, 7) is 2.90. The SMILES string of the molecule is CC(=O)SCCC=Cc1ccccc1C1OCCO1. The van der Waals surface area contributed by atoms with Crippen molar-refractivity contribution in [3.05, 3.63) is 41.5 Å². The predicted molar refractivity (Wildman–Crippen MR) is 77.9 cm³/mol. The predicted octanol–water partition coefficient (Wildman–Crippen LogP) is 3.42. The van der Waals surface area contributed by atoms with Crippen molar-refractivity contribution in [3.63, 3.8) is 0 Å². The molecule has 0 N–H and O–H groups in total. The molecular formula is C15H18O3S. The summed E-state index contributed by atoms with van der Waals surface area (Å²) in [6.07, 6.45) is 4.79. The largest absolute Gasteiger partial charge is 0.346 e. The topological polar surface area (TPSA) is 35.5 Å². The number of benzene rings is 1. The van der Waals surface area contributed by atoms with Crippen LogP contribution in [0.2, 0.25) is 0 Å². The van der Waals surface area contributed by atoms with Gasteiger partial charge < -0.3 is 9.47 Å². The number of rotatable bonds is 5. The zero-order valence-electron chi connectivity index (χ0n) is 11.0. The number of ether oxygens (including phenoxy) is 2. The molecule has 0 spiro atoms. The Morgan fingerprint density at radius 1 is 1.37 bits per heavy atom. The minimum atomic E-state index is -0.243. The van der Waals surface area contributed by atoms with Crippen LogP contribution in [0.5, 0.6) is 0 Å². The fourth-order valence-corrected chi connectivity index (χ4v) is 2.44. The summed E-state index contributed by atoms with van der Waals surface area (Å²) in [4.78, 5) is 10.8. The molecule has 3 nitrogen and oxygen atoms in total. The number of hydrogen-bond donors (Lipinski definition) is 0. The van der Waals surface area contributed by atoms with Crippen molar-refractivity contribution in [2.75, 3.05) is 19.0 Å². The van der Waals surface area contributed by atoms with E-state index < -0.39 is 0 Å². The third kappa shape index (κ3) is 4.49. The molecule has 1 aromatic carbocycles. The first-order valence-corrected chi connectivity index (χ1v) is 7.38. The first-order valence-electron chi connectivity index (χ1n) is 6.39. The summed E-state index contributed by atoms with van der Waals surface area (Å²) in [6, 6.07) is 8.07. The first-order chi connectivity index (χ1) is 9.27. The fourth-order valence-electron chi connectivity index (χ4n) is 1.90. The number of thioether (sulfide) groups is 1. The molecule has 0 unspecified atom stereocenters.